The van der Waals surface area contributed by atoms with E-state index in [0.29, 0.717) is 41.8 Å². The maximum atomic E-state index is 12.5. The summed E-state index contributed by atoms with van der Waals surface area (Å²) in [5.74, 6) is -0.0225. The van der Waals surface area contributed by atoms with Crippen molar-refractivity contribution >= 4 is 35.0 Å². The van der Waals surface area contributed by atoms with E-state index in [1.807, 2.05) is 13.8 Å². The number of nitrogens with zero attached hydrogens (tertiary/aromatic N) is 2. The van der Waals surface area contributed by atoms with Crippen molar-refractivity contribution in [2.24, 2.45) is 11.7 Å². The Labute approximate surface area is 152 Å². The molecule has 1 aliphatic heterocycles. The molecule has 1 aliphatic rings. The van der Waals surface area contributed by atoms with Gasteiger partial charge in [0, 0.05) is 41.8 Å². The lowest BCUT2D eigenvalue weighted by molar-refractivity contribution is -0.135. The van der Waals surface area contributed by atoms with Gasteiger partial charge in [0.2, 0.25) is 5.91 Å². The predicted octanol–water partition coefficient (Wildman–Crippen LogP) is 2.65. The Balaban J connectivity index is 1.97. The molecule has 7 heteroatoms. The Kier molecular flexibility index (Phi) is 6.49. The highest BCUT2D eigenvalue weighted by molar-refractivity contribution is 6.35. The SMILES string of the molecule is CCC(C)C(N)C(=O)N1CCN(C(=O)c2cc(Cl)cc(Cl)c2)CC1. The molecule has 5 nitrogen and oxygen atoms in total. The van der Waals surface area contributed by atoms with Crippen LogP contribution in [-0.4, -0.2) is 53.8 Å². The molecule has 24 heavy (non-hydrogen) atoms. The molecule has 0 saturated carbocycles. The largest absolute Gasteiger partial charge is 0.338 e. The second-order valence-electron chi connectivity index (χ2n) is 6.19. The molecule has 0 aliphatic carbocycles. The van der Waals surface area contributed by atoms with Crippen molar-refractivity contribution in [2.45, 2.75) is 26.3 Å². The van der Waals surface area contributed by atoms with Gasteiger partial charge in [0.25, 0.3) is 5.91 Å². The van der Waals surface area contributed by atoms with Crippen LogP contribution in [-0.2, 0) is 4.79 Å². The second-order valence-corrected chi connectivity index (χ2v) is 7.06. The molecule has 0 radical (unpaired) electrons. The van der Waals surface area contributed by atoms with Crippen LogP contribution in [0.15, 0.2) is 18.2 Å². The van der Waals surface area contributed by atoms with E-state index in [1.54, 1.807) is 28.0 Å². The van der Waals surface area contributed by atoms with Crippen molar-refractivity contribution in [1.82, 2.24) is 9.80 Å². The second kappa shape index (κ2) is 8.19. The number of nitrogens with two attached hydrogens (primary N) is 1. The average Bonchev–Trinajstić information content (AvgIpc) is 2.58. The Hall–Kier alpha value is -1.30. The van der Waals surface area contributed by atoms with Crippen molar-refractivity contribution in [3.8, 4) is 0 Å². The van der Waals surface area contributed by atoms with Crippen LogP contribution in [0.25, 0.3) is 0 Å². The third kappa shape index (κ3) is 4.41. The molecule has 1 saturated heterocycles. The van der Waals surface area contributed by atoms with E-state index in [9.17, 15) is 9.59 Å². The van der Waals surface area contributed by atoms with E-state index in [0.717, 1.165) is 6.42 Å². The van der Waals surface area contributed by atoms with Crippen molar-refractivity contribution < 1.29 is 9.59 Å². The van der Waals surface area contributed by atoms with Crippen molar-refractivity contribution in [3.63, 3.8) is 0 Å². The summed E-state index contributed by atoms with van der Waals surface area (Å²) in [6.45, 7) is 5.92. The number of piperazine rings is 1. The van der Waals surface area contributed by atoms with E-state index < -0.39 is 6.04 Å². The summed E-state index contributed by atoms with van der Waals surface area (Å²) >= 11 is 11.9. The van der Waals surface area contributed by atoms with Crippen molar-refractivity contribution in [1.29, 1.82) is 0 Å². The molecule has 132 valence electrons. The molecule has 2 rings (SSSR count). The van der Waals surface area contributed by atoms with Gasteiger partial charge in [-0.15, -0.1) is 0 Å². The summed E-state index contributed by atoms with van der Waals surface area (Å²) in [5, 5.41) is 0.860. The standard InChI is InChI=1S/C17H23Cl2N3O2/c1-3-11(2)15(20)17(24)22-6-4-21(5-7-22)16(23)12-8-13(18)10-14(19)9-12/h8-11,15H,3-7,20H2,1-2H3. The van der Waals surface area contributed by atoms with Gasteiger partial charge in [0.05, 0.1) is 6.04 Å². The molecular formula is C17H23Cl2N3O2. The average molecular weight is 372 g/mol. The summed E-state index contributed by atoms with van der Waals surface area (Å²) in [4.78, 5) is 28.4. The van der Waals surface area contributed by atoms with E-state index in [-0.39, 0.29) is 17.7 Å². The third-order valence-corrected chi connectivity index (χ3v) is 4.97. The fourth-order valence-electron chi connectivity index (χ4n) is 2.70. The minimum absolute atomic E-state index is 0.0396. The van der Waals surface area contributed by atoms with E-state index in [1.165, 1.54) is 0 Å². The molecule has 1 aromatic rings. The van der Waals surface area contributed by atoms with Crippen LogP contribution in [0.2, 0.25) is 10.0 Å². The number of amides is 2. The fourth-order valence-corrected chi connectivity index (χ4v) is 3.22. The highest BCUT2D eigenvalue weighted by Crippen LogP contribution is 2.21. The van der Waals surface area contributed by atoms with E-state index in [4.69, 9.17) is 28.9 Å². The van der Waals surface area contributed by atoms with Crippen LogP contribution in [0.3, 0.4) is 0 Å². The third-order valence-electron chi connectivity index (χ3n) is 4.53. The summed E-state index contributed by atoms with van der Waals surface area (Å²) in [6.07, 6.45) is 0.862. The number of carbonyl (C=O) groups is 2. The van der Waals surface area contributed by atoms with Crippen molar-refractivity contribution in [3.05, 3.63) is 33.8 Å². The molecule has 2 N–H and O–H groups in total. The Bertz CT molecular complexity index is 596. The van der Waals surface area contributed by atoms with Gasteiger partial charge in [0.15, 0.2) is 0 Å². The molecule has 2 atom stereocenters. The summed E-state index contributed by atoms with van der Waals surface area (Å²) < 4.78 is 0. The van der Waals surface area contributed by atoms with Crippen LogP contribution in [0, 0.1) is 5.92 Å². The zero-order valence-corrected chi connectivity index (χ0v) is 15.5. The minimum Gasteiger partial charge on any atom is -0.338 e. The van der Waals surface area contributed by atoms with Gasteiger partial charge in [-0.2, -0.15) is 0 Å². The lowest BCUT2D eigenvalue weighted by Gasteiger charge is -2.36. The first kappa shape index (κ1) is 19.0. The Morgan fingerprint density at radius 2 is 1.58 bits per heavy atom. The lowest BCUT2D eigenvalue weighted by atomic mass is 9.98. The summed E-state index contributed by atoms with van der Waals surface area (Å²) in [6, 6.07) is 4.31. The van der Waals surface area contributed by atoms with E-state index >= 15 is 0 Å². The number of rotatable bonds is 4. The molecule has 1 heterocycles. The van der Waals surface area contributed by atoms with Gasteiger partial charge < -0.3 is 15.5 Å². The first-order chi connectivity index (χ1) is 11.3. The van der Waals surface area contributed by atoms with Crippen LogP contribution >= 0.6 is 23.2 Å². The molecular weight excluding hydrogens is 349 g/mol. The number of hydrogen-bond acceptors (Lipinski definition) is 3. The minimum atomic E-state index is -0.482. The normalized spacial score (nSPS) is 17.5. The van der Waals surface area contributed by atoms with Gasteiger partial charge in [0.1, 0.15) is 0 Å². The molecule has 1 fully saturated rings. The maximum Gasteiger partial charge on any atom is 0.254 e. The predicted molar refractivity (Wildman–Crippen MR) is 96.4 cm³/mol. The number of hydrogen-bond donors (Lipinski definition) is 1. The molecule has 2 amide bonds. The number of benzene rings is 1. The van der Waals surface area contributed by atoms with Crippen molar-refractivity contribution in [2.75, 3.05) is 26.2 Å². The highest BCUT2D eigenvalue weighted by Gasteiger charge is 2.29. The Morgan fingerprint density at radius 3 is 2.08 bits per heavy atom. The van der Waals surface area contributed by atoms with Gasteiger partial charge in [-0.3, -0.25) is 9.59 Å². The topological polar surface area (TPSA) is 66.6 Å². The van der Waals surface area contributed by atoms with Crippen LogP contribution in [0.4, 0.5) is 0 Å². The Morgan fingerprint density at radius 1 is 1.08 bits per heavy atom. The quantitative estimate of drug-likeness (QED) is 0.884. The van der Waals surface area contributed by atoms with Crippen LogP contribution < -0.4 is 5.73 Å². The zero-order chi connectivity index (χ0) is 17.9. The van der Waals surface area contributed by atoms with Gasteiger partial charge in [-0.25, -0.2) is 0 Å². The number of carbonyl (C=O) groups excluding carboxylic acids is 2. The zero-order valence-electron chi connectivity index (χ0n) is 14.0. The maximum absolute atomic E-state index is 12.5. The van der Waals surface area contributed by atoms with Gasteiger partial charge >= 0.3 is 0 Å². The molecule has 0 spiro atoms. The summed E-state index contributed by atoms with van der Waals surface area (Å²) in [5.41, 5.74) is 6.48. The molecule has 0 bridgehead atoms. The lowest BCUT2D eigenvalue weighted by Crippen LogP contribution is -2.55. The van der Waals surface area contributed by atoms with E-state index in [2.05, 4.69) is 0 Å². The van der Waals surface area contributed by atoms with Crippen LogP contribution in [0.5, 0.6) is 0 Å². The molecule has 1 aromatic carbocycles. The highest BCUT2D eigenvalue weighted by atomic mass is 35.5. The van der Waals surface area contributed by atoms with Gasteiger partial charge in [-0.1, -0.05) is 43.5 Å². The van der Waals surface area contributed by atoms with Gasteiger partial charge in [-0.05, 0) is 24.1 Å². The first-order valence-corrected chi connectivity index (χ1v) is 8.88. The first-order valence-electron chi connectivity index (χ1n) is 8.13. The smallest absolute Gasteiger partial charge is 0.254 e. The monoisotopic (exact) mass is 371 g/mol. The number of halogens is 2. The molecule has 0 aromatic heterocycles. The molecule has 2 unspecified atom stereocenters. The fraction of sp³-hybridized carbons (Fsp3) is 0.529. The van der Waals surface area contributed by atoms with Crippen LogP contribution in [0.1, 0.15) is 30.6 Å². The summed E-state index contributed by atoms with van der Waals surface area (Å²) in [7, 11) is 0.